The summed E-state index contributed by atoms with van der Waals surface area (Å²) in [5.74, 6) is -1.79. The first-order chi connectivity index (χ1) is 14.3. The number of aromatic nitrogens is 1. The van der Waals surface area contributed by atoms with E-state index in [4.69, 9.17) is 0 Å². The molecule has 9 heteroatoms. The molecule has 30 heavy (non-hydrogen) atoms. The lowest BCUT2D eigenvalue weighted by molar-refractivity contribution is -0.119. The van der Waals surface area contributed by atoms with Crippen LogP contribution in [0.4, 0.5) is 19.6 Å². The molecule has 0 bridgehead atoms. The molecule has 3 aromatic rings. The van der Waals surface area contributed by atoms with E-state index in [1.807, 2.05) is 19.1 Å². The maximum atomic E-state index is 13.9. The fourth-order valence-electron chi connectivity index (χ4n) is 2.69. The first-order valence-corrected chi connectivity index (χ1v) is 9.94. The molecule has 0 radical (unpaired) electrons. The van der Waals surface area contributed by atoms with Crippen molar-refractivity contribution in [3.8, 4) is 11.3 Å². The highest BCUT2D eigenvalue weighted by Crippen LogP contribution is 2.27. The van der Waals surface area contributed by atoms with Gasteiger partial charge in [-0.2, -0.15) is 0 Å². The first kappa shape index (κ1) is 21.5. The van der Waals surface area contributed by atoms with E-state index in [9.17, 15) is 18.4 Å². The normalized spacial score (nSPS) is 10.8. The predicted octanol–water partition coefficient (Wildman–Crippen LogP) is 3.91. The number of nitrogens with zero attached hydrogens (tertiary/aromatic N) is 2. The number of carbonyl (C=O) groups excluding carboxylic acids is 2. The number of anilines is 2. The van der Waals surface area contributed by atoms with Crippen molar-refractivity contribution in [3.05, 3.63) is 65.0 Å². The van der Waals surface area contributed by atoms with Crippen molar-refractivity contribution in [1.29, 1.82) is 0 Å². The van der Waals surface area contributed by atoms with Crippen LogP contribution in [-0.4, -0.2) is 41.8 Å². The number of benzene rings is 2. The Hall–Kier alpha value is -3.17. The van der Waals surface area contributed by atoms with E-state index in [0.29, 0.717) is 5.69 Å². The quantitative estimate of drug-likeness (QED) is 0.596. The van der Waals surface area contributed by atoms with Gasteiger partial charge >= 0.3 is 0 Å². The zero-order valence-corrected chi connectivity index (χ0v) is 17.2. The highest BCUT2D eigenvalue weighted by atomic mass is 32.1. The number of aryl methyl sites for hydroxylation is 1. The molecule has 0 spiro atoms. The summed E-state index contributed by atoms with van der Waals surface area (Å²) in [4.78, 5) is 30.0. The van der Waals surface area contributed by atoms with Crippen molar-refractivity contribution in [3.63, 3.8) is 0 Å². The third kappa shape index (κ3) is 5.91. The molecule has 3 rings (SSSR count). The minimum absolute atomic E-state index is 0.0247. The summed E-state index contributed by atoms with van der Waals surface area (Å²) in [6.45, 7) is 1.95. The van der Waals surface area contributed by atoms with Crippen LogP contribution in [0.3, 0.4) is 0 Å². The Balaban J connectivity index is 1.51. The predicted molar refractivity (Wildman–Crippen MR) is 113 cm³/mol. The Bertz CT molecular complexity index is 1050. The Labute approximate surface area is 176 Å². The molecule has 2 N–H and O–H groups in total. The van der Waals surface area contributed by atoms with Gasteiger partial charge in [0.1, 0.15) is 11.6 Å². The molecule has 0 aliphatic heterocycles. The topological polar surface area (TPSA) is 74.3 Å². The number of likely N-dealkylation sites (N-methyl/N-ethyl adjacent to an activating group) is 1. The molecule has 0 unspecified atom stereocenters. The van der Waals surface area contributed by atoms with E-state index in [1.54, 1.807) is 24.1 Å². The number of thiazole rings is 1. The molecule has 2 aromatic carbocycles. The number of nitrogens with one attached hydrogen (secondary N) is 2. The number of hydrogen-bond acceptors (Lipinski definition) is 5. The van der Waals surface area contributed by atoms with E-state index >= 15 is 0 Å². The summed E-state index contributed by atoms with van der Waals surface area (Å²) in [6, 6.07) is 10.5. The number of carbonyl (C=O) groups is 2. The molecule has 0 aliphatic rings. The van der Waals surface area contributed by atoms with E-state index in [-0.39, 0.29) is 41.3 Å². The molecular weight excluding hydrogens is 410 g/mol. The van der Waals surface area contributed by atoms with Crippen LogP contribution in [0.5, 0.6) is 0 Å². The zero-order valence-electron chi connectivity index (χ0n) is 16.4. The summed E-state index contributed by atoms with van der Waals surface area (Å²) in [5, 5.41) is 7.16. The lowest BCUT2D eigenvalue weighted by Crippen LogP contribution is -2.36. The summed E-state index contributed by atoms with van der Waals surface area (Å²) in [6.07, 6.45) is 0. The molecule has 156 valence electrons. The molecule has 2 amide bonds. The van der Waals surface area contributed by atoms with Crippen LogP contribution in [0.25, 0.3) is 11.3 Å². The lowest BCUT2D eigenvalue weighted by atomic mass is 10.1. The molecule has 0 saturated carbocycles. The molecule has 0 fully saturated rings. The third-order valence-electron chi connectivity index (χ3n) is 4.12. The highest BCUT2D eigenvalue weighted by molar-refractivity contribution is 7.14. The Morgan fingerprint density at radius 1 is 1.03 bits per heavy atom. The van der Waals surface area contributed by atoms with Crippen LogP contribution in [0.1, 0.15) is 5.56 Å². The van der Waals surface area contributed by atoms with Gasteiger partial charge in [0.25, 0.3) is 0 Å². The highest BCUT2D eigenvalue weighted by Gasteiger charge is 2.14. The van der Waals surface area contributed by atoms with Crippen LogP contribution >= 0.6 is 11.3 Å². The second-order valence-corrected chi connectivity index (χ2v) is 7.65. The van der Waals surface area contributed by atoms with Crippen molar-refractivity contribution >= 4 is 34.0 Å². The molecule has 0 saturated heterocycles. The maximum absolute atomic E-state index is 13.9. The van der Waals surface area contributed by atoms with Gasteiger partial charge in [-0.1, -0.05) is 17.7 Å². The molecule has 1 heterocycles. The maximum Gasteiger partial charge on any atom is 0.240 e. The number of amides is 2. The van der Waals surface area contributed by atoms with Crippen molar-refractivity contribution in [2.24, 2.45) is 0 Å². The number of halogens is 2. The summed E-state index contributed by atoms with van der Waals surface area (Å²) in [5.41, 5.74) is 2.03. The zero-order chi connectivity index (χ0) is 21.7. The van der Waals surface area contributed by atoms with E-state index in [0.717, 1.165) is 35.1 Å². The largest absolute Gasteiger partial charge is 0.325 e. The standard InChI is InChI=1S/C21H20F2N4O2S/c1-13-3-6-15(7-4-13)24-19(28)10-27(2)11-20(29)26-21-25-18(12-30-21)16-9-14(22)5-8-17(16)23/h3-9,12H,10-11H2,1-2H3,(H,24,28)(H,25,26,29). The van der Waals surface area contributed by atoms with Crippen molar-refractivity contribution in [2.75, 3.05) is 30.8 Å². The number of hydrogen-bond donors (Lipinski definition) is 2. The molecule has 0 aliphatic carbocycles. The van der Waals surface area contributed by atoms with Crippen LogP contribution in [0.2, 0.25) is 0 Å². The van der Waals surface area contributed by atoms with Gasteiger partial charge < -0.3 is 10.6 Å². The van der Waals surface area contributed by atoms with Gasteiger partial charge in [0, 0.05) is 16.6 Å². The second kappa shape index (κ2) is 9.55. The van der Waals surface area contributed by atoms with Gasteiger partial charge in [0.15, 0.2) is 5.13 Å². The van der Waals surface area contributed by atoms with Crippen LogP contribution in [0.15, 0.2) is 47.8 Å². The summed E-state index contributed by atoms with van der Waals surface area (Å²) >= 11 is 1.10. The fourth-order valence-corrected chi connectivity index (χ4v) is 3.42. The fraction of sp³-hybridized carbons (Fsp3) is 0.190. The van der Waals surface area contributed by atoms with Gasteiger partial charge in [-0.05, 0) is 44.3 Å². The number of rotatable bonds is 7. The summed E-state index contributed by atoms with van der Waals surface area (Å²) < 4.78 is 27.2. The Morgan fingerprint density at radius 2 is 1.70 bits per heavy atom. The van der Waals surface area contributed by atoms with Crippen LogP contribution in [-0.2, 0) is 9.59 Å². The minimum Gasteiger partial charge on any atom is -0.325 e. The molecule has 0 atom stereocenters. The average molecular weight is 430 g/mol. The Kier molecular flexibility index (Phi) is 6.86. The van der Waals surface area contributed by atoms with Crippen LogP contribution < -0.4 is 10.6 Å². The van der Waals surface area contributed by atoms with E-state index in [2.05, 4.69) is 15.6 Å². The van der Waals surface area contributed by atoms with E-state index in [1.165, 1.54) is 5.38 Å². The SMILES string of the molecule is Cc1ccc(NC(=O)CN(C)CC(=O)Nc2nc(-c3cc(F)ccc3F)cs2)cc1. The van der Waals surface area contributed by atoms with Gasteiger partial charge in [0.2, 0.25) is 11.8 Å². The van der Waals surface area contributed by atoms with Crippen molar-refractivity contribution in [1.82, 2.24) is 9.88 Å². The van der Waals surface area contributed by atoms with Gasteiger partial charge in [0.05, 0.1) is 18.8 Å². The van der Waals surface area contributed by atoms with Crippen molar-refractivity contribution in [2.45, 2.75) is 6.92 Å². The molecule has 1 aromatic heterocycles. The monoisotopic (exact) mass is 430 g/mol. The minimum atomic E-state index is -0.598. The van der Waals surface area contributed by atoms with Gasteiger partial charge in [-0.15, -0.1) is 11.3 Å². The molecule has 6 nitrogen and oxygen atoms in total. The average Bonchev–Trinajstić information content (AvgIpc) is 3.13. The van der Waals surface area contributed by atoms with Crippen molar-refractivity contribution < 1.29 is 18.4 Å². The van der Waals surface area contributed by atoms with E-state index < -0.39 is 11.6 Å². The smallest absolute Gasteiger partial charge is 0.240 e. The summed E-state index contributed by atoms with van der Waals surface area (Å²) in [7, 11) is 1.64. The van der Waals surface area contributed by atoms with Crippen LogP contribution in [0, 0.1) is 18.6 Å². The van der Waals surface area contributed by atoms with Gasteiger partial charge in [-0.25, -0.2) is 13.8 Å². The second-order valence-electron chi connectivity index (χ2n) is 6.80. The lowest BCUT2D eigenvalue weighted by Gasteiger charge is -2.15. The third-order valence-corrected chi connectivity index (χ3v) is 4.87. The first-order valence-electron chi connectivity index (χ1n) is 9.06. The molecular formula is C21H20F2N4O2S. The Morgan fingerprint density at radius 3 is 2.40 bits per heavy atom. The van der Waals surface area contributed by atoms with Gasteiger partial charge in [-0.3, -0.25) is 14.5 Å².